The van der Waals surface area contributed by atoms with Gasteiger partial charge in [-0.2, -0.15) is 11.8 Å². The van der Waals surface area contributed by atoms with E-state index in [1.807, 2.05) is 37.4 Å². The van der Waals surface area contributed by atoms with Crippen molar-refractivity contribution in [3.8, 4) is 0 Å². The summed E-state index contributed by atoms with van der Waals surface area (Å²) < 4.78 is 11.1. The Bertz CT molecular complexity index is 360. The highest BCUT2D eigenvalue weighted by atomic mass is 32.2. The third kappa shape index (κ3) is 7.77. The number of carbonyl (C=O) groups is 1. The van der Waals surface area contributed by atoms with Gasteiger partial charge in [0.25, 0.3) is 0 Å². The van der Waals surface area contributed by atoms with Crippen LogP contribution >= 0.6 is 11.8 Å². The maximum absolute atomic E-state index is 12.4. The van der Waals surface area contributed by atoms with Crippen molar-refractivity contribution in [2.45, 2.75) is 71.2 Å². The zero-order chi connectivity index (χ0) is 17.5. The molecular formula is C17H34N2O3S. The molecule has 3 atom stereocenters. The summed E-state index contributed by atoms with van der Waals surface area (Å²) in [5, 5.41) is 3.67. The predicted octanol–water partition coefficient (Wildman–Crippen LogP) is 3.13. The number of nitrogens with zero attached hydrogens (tertiary/aromatic N) is 1. The second-order valence-corrected chi connectivity index (χ2v) is 8.18. The summed E-state index contributed by atoms with van der Waals surface area (Å²) in [5.74, 6) is 1.11. The molecule has 1 saturated heterocycles. The molecule has 0 bridgehead atoms. The van der Waals surface area contributed by atoms with Crippen LogP contribution in [0.4, 0.5) is 4.79 Å². The number of carbonyl (C=O) groups excluding carboxylic acids is 1. The van der Waals surface area contributed by atoms with Crippen LogP contribution in [0.2, 0.25) is 0 Å². The molecule has 0 aromatic carbocycles. The first-order valence-corrected chi connectivity index (χ1v) is 9.98. The summed E-state index contributed by atoms with van der Waals surface area (Å²) in [6.45, 7) is 11.9. The van der Waals surface area contributed by atoms with Gasteiger partial charge in [-0.15, -0.1) is 0 Å². The number of nitrogens with one attached hydrogen (secondary N) is 1. The molecule has 6 heteroatoms. The van der Waals surface area contributed by atoms with Gasteiger partial charge in [0, 0.05) is 24.4 Å². The van der Waals surface area contributed by atoms with Gasteiger partial charge in [0.15, 0.2) is 0 Å². The SMILES string of the molecule is CCC(CSC)NC(C)CC1COCCN1C(=O)OC(C)(C)C. The van der Waals surface area contributed by atoms with Crippen LogP contribution in [0.5, 0.6) is 0 Å². The van der Waals surface area contributed by atoms with Crippen molar-refractivity contribution in [2.24, 2.45) is 0 Å². The second-order valence-electron chi connectivity index (χ2n) is 7.27. The molecule has 1 fully saturated rings. The molecule has 1 heterocycles. The van der Waals surface area contributed by atoms with Gasteiger partial charge in [-0.25, -0.2) is 4.79 Å². The molecule has 0 spiro atoms. The highest BCUT2D eigenvalue weighted by Crippen LogP contribution is 2.18. The fraction of sp³-hybridized carbons (Fsp3) is 0.941. The molecule has 0 radical (unpaired) electrons. The van der Waals surface area contributed by atoms with Crippen LogP contribution in [-0.2, 0) is 9.47 Å². The smallest absolute Gasteiger partial charge is 0.410 e. The van der Waals surface area contributed by atoms with E-state index < -0.39 is 5.60 Å². The molecule has 136 valence electrons. The summed E-state index contributed by atoms with van der Waals surface area (Å²) in [6.07, 6.45) is 3.90. The van der Waals surface area contributed by atoms with Crippen LogP contribution in [0.3, 0.4) is 0 Å². The molecule has 23 heavy (non-hydrogen) atoms. The largest absolute Gasteiger partial charge is 0.444 e. The van der Waals surface area contributed by atoms with E-state index in [2.05, 4.69) is 25.4 Å². The first kappa shape index (κ1) is 20.6. The normalized spacial score (nSPS) is 21.8. The van der Waals surface area contributed by atoms with Crippen molar-refractivity contribution in [1.82, 2.24) is 10.2 Å². The minimum atomic E-state index is -0.463. The molecule has 1 aliphatic rings. The van der Waals surface area contributed by atoms with Gasteiger partial charge in [0.1, 0.15) is 5.60 Å². The number of ether oxygens (including phenoxy) is 2. The lowest BCUT2D eigenvalue weighted by Gasteiger charge is -2.38. The molecule has 1 amide bonds. The number of morpholine rings is 1. The minimum Gasteiger partial charge on any atom is -0.444 e. The molecule has 0 aliphatic carbocycles. The Hall–Kier alpha value is -0.460. The summed E-state index contributed by atoms with van der Waals surface area (Å²) in [7, 11) is 0. The molecule has 1 rings (SSSR count). The Kier molecular flexibility index (Phi) is 8.72. The zero-order valence-electron chi connectivity index (χ0n) is 15.6. The molecule has 1 aliphatic heterocycles. The van der Waals surface area contributed by atoms with Gasteiger partial charge in [0.05, 0.1) is 19.3 Å². The summed E-state index contributed by atoms with van der Waals surface area (Å²) in [6, 6.07) is 0.927. The quantitative estimate of drug-likeness (QED) is 0.767. The van der Waals surface area contributed by atoms with Crippen molar-refractivity contribution in [3.05, 3.63) is 0 Å². The Labute approximate surface area is 145 Å². The van der Waals surface area contributed by atoms with Gasteiger partial charge in [-0.3, -0.25) is 0 Å². The minimum absolute atomic E-state index is 0.0767. The number of hydrogen-bond donors (Lipinski definition) is 1. The van der Waals surface area contributed by atoms with Crippen molar-refractivity contribution in [1.29, 1.82) is 0 Å². The Morgan fingerprint density at radius 3 is 2.74 bits per heavy atom. The van der Waals surface area contributed by atoms with Crippen LogP contribution < -0.4 is 5.32 Å². The van der Waals surface area contributed by atoms with Gasteiger partial charge in [-0.05, 0) is 46.8 Å². The second kappa shape index (κ2) is 9.74. The van der Waals surface area contributed by atoms with E-state index in [0.29, 0.717) is 31.8 Å². The first-order chi connectivity index (χ1) is 10.8. The molecule has 3 unspecified atom stereocenters. The Balaban J connectivity index is 2.58. The topological polar surface area (TPSA) is 50.8 Å². The fourth-order valence-electron chi connectivity index (χ4n) is 2.77. The average molecular weight is 347 g/mol. The van der Waals surface area contributed by atoms with Crippen molar-refractivity contribution < 1.29 is 14.3 Å². The zero-order valence-corrected chi connectivity index (χ0v) is 16.4. The first-order valence-electron chi connectivity index (χ1n) is 8.59. The third-order valence-corrected chi connectivity index (χ3v) is 4.60. The number of thioether (sulfide) groups is 1. The highest BCUT2D eigenvalue weighted by molar-refractivity contribution is 7.98. The van der Waals surface area contributed by atoms with E-state index >= 15 is 0 Å². The van der Waals surface area contributed by atoms with Crippen molar-refractivity contribution in [2.75, 3.05) is 31.8 Å². The molecular weight excluding hydrogens is 312 g/mol. The number of hydrogen-bond acceptors (Lipinski definition) is 5. The maximum Gasteiger partial charge on any atom is 0.410 e. The lowest BCUT2D eigenvalue weighted by molar-refractivity contribution is -0.0357. The van der Waals surface area contributed by atoms with E-state index in [4.69, 9.17) is 9.47 Å². The van der Waals surface area contributed by atoms with E-state index in [9.17, 15) is 4.79 Å². The summed E-state index contributed by atoms with van der Waals surface area (Å²) in [4.78, 5) is 14.2. The van der Waals surface area contributed by atoms with E-state index in [1.54, 1.807) is 0 Å². The Morgan fingerprint density at radius 1 is 1.48 bits per heavy atom. The van der Waals surface area contributed by atoms with Crippen LogP contribution in [0.1, 0.15) is 47.5 Å². The van der Waals surface area contributed by atoms with Crippen LogP contribution in [0.15, 0.2) is 0 Å². The van der Waals surface area contributed by atoms with Crippen LogP contribution in [0, 0.1) is 0 Å². The predicted molar refractivity (Wildman–Crippen MR) is 97.2 cm³/mol. The van der Waals surface area contributed by atoms with E-state index in [1.165, 1.54) is 0 Å². The van der Waals surface area contributed by atoms with Gasteiger partial charge < -0.3 is 19.7 Å². The lowest BCUT2D eigenvalue weighted by atomic mass is 10.1. The number of amides is 1. The summed E-state index contributed by atoms with van der Waals surface area (Å²) >= 11 is 1.86. The Morgan fingerprint density at radius 2 is 2.17 bits per heavy atom. The molecule has 0 aromatic rings. The monoisotopic (exact) mass is 346 g/mol. The average Bonchev–Trinajstić information content (AvgIpc) is 2.45. The van der Waals surface area contributed by atoms with Gasteiger partial charge in [0.2, 0.25) is 0 Å². The number of rotatable bonds is 7. The fourth-order valence-corrected chi connectivity index (χ4v) is 3.51. The van der Waals surface area contributed by atoms with Gasteiger partial charge >= 0.3 is 6.09 Å². The standard InChI is InChI=1S/C17H34N2O3S/c1-7-14(12-23-6)18-13(2)10-15-11-21-9-8-19(15)16(20)22-17(3,4)5/h13-15,18H,7-12H2,1-6H3. The molecule has 0 saturated carbocycles. The van der Waals surface area contributed by atoms with Crippen molar-refractivity contribution in [3.63, 3.8) is 0 Å². The van der Waals surface area contributed by atoms with E-state index in [0.717, 1.165) is 18.6 Å². The van der Waals surface area contributed by atoms with Crippen molar-refractivity contribution >= 4 is 17.9 Å². The van der Waals surface area contributed by atoms with Gasteiger partial charge in [-0.1, -0.05) is 6.92 Å². The van der Waals surface area contributed by atoms with Crippen LogP contribution in [0.25, 0.3) is 0 Å². The molecule has 1 N–H and O–H groups in total. The third-order valence-electron chi connectivity index (χ3n) is 3.86. The molecule has 5 nitrogen and oxygen atoms in total. The highest BCUT2D eigenvalue weighted by Gasteiger charge is 2.32. The van der Waals surface area contributed by atoms with E-state index in [-0.39, 0.29) is 12.1 Å². The maximum atomic E-state index is 12.4. The summed E-state index contributed by atoms with van der Waals surface area (Å²) in [5.41, 5.74) is -0.463. The van der Waals surface area contributed by atoms with Crippen LogP contribution in [-0.4, -0.2) is 66.5 Å². The molecule has 0 aromatic heterocycles. The lowest BCUT2D eigenvalue weighted by Crippen LogP contribution is -2.53.